The van der Waals surface area contributed by atoms with Crippen molar-refractivity contribution in [3.63, 3.8) is 0 Å². The Hall–Kier alpha value is -1.65. The third-order valence-corrected chi connectivity index (χ3v) is 2.51. The number of amides is 1. The minimum absolute atomic E-state index is 0.0357. The monoisotopic (exact) mass is 212 g/mol. The van der Waals surface area contributed by atoms with Gasteiger partial charge in [0.15, 0.2) is 11.6 Å². The van der Waals surface area contributed by atoms with E-state index < -0.39 is 17.3 Å². The molecule has 1 fully saturated rings. The molecule has 1 heterocycles. The van der Waals surface area contributed by atoms with Gasteiger partial charge in [-0.25, -0.2) is 8.78 Å². The summed E-state index contributed by atoms with van der Waals surface area (Å²) in [7, 11) is 0. The molecule has 0 aliphatic carbocycles. The van der Waals surface area contributed by atoms with E-state index in [1.807, 2.05) is 0 Å². The Morgan fingerprint density at radius 2 is 2.00 bits per heavy atom. The van der Waals surface area contributed by atoms with Gasteiger partial charge in [0.2, 0.25) is 0 Å². The van der Waals surface area contributed by atoms with Crippen molar-refractivity contribution in [1.29, 1.82) is 0 Å². The number of anilines is 1. The smallest absolute Gasteiger partial charge is 0.256 e. The Bertz CT molecular complexity index is 416. The number of carbonyl (C=O) groups is 1. The molecule has 0 radical (unpaired) electrons. The number of hydrogen-bond acceptors (Lipinski definition) is 2. The van der Waals surface area contributed by atoms with Crippen LogP contribution in [0.15, 0.2) is 12.1 Å². The summed E-state index contributed by atoms with van der Waals surface area (Å²) in [6.45, 7) is 1.30. The van der Waals surface area contributed by atoms with E-state index in [0.29, 0.717) is 13.1 Å². The summed E-state index contributed by atoms with van der Waals surface area (Å²) in [5.41, 5.74) is 4.96. The molecule has 1 aliphatic heterocycles. The van der Waals surface area contributed by atoms with E-state index in [9.17, 15) is 13.6 Å². The van der Waals surface area contributed by atoms with E-state index in [4.69, 9.17) is 5.73 Å². The van der Waals surface area contributed by atoms with Crippen molar-refractivity contribution in [2.24, 2.45) is 0 Å². The maximum atomic E-state index is 13.1. The predicted molar refractivity (Wildman–Crippen MR) is 51.3 cm³/mol. The Labute approximate surface area is 85.5 Å². The number of rotatable bonds is 1. The average Bonchev–Trinajstić information content (AvgIpc) is 2.11. The lowest BCUT2D eigenvalue weighted by Crippen LogP contribution is -2.42. The van der Waals surface area contributed by atoms with E-state index in [0.717, 1.165) is 12.5 Å². The summed E-state index contributed by atoms with van der Waals surface area (Å²) < 4.78 is 25.8. The van der Waals surface area contributed by atoms with Crippen LogP contribution >= 0.6 is 0 Å². The highest BCUT2D eigenvalue weighted by atomic mass is 19.2. The van der Waals surface area contributed by atoms with Gasteiger partial charge in [-0.3, -0.25) is 4.79 Å². The number of nitrogens with two attached hydrogens (primary N) is 1. The van der Waals surface area contributed by atoms with Crippen LogP contribution in [0.4, 0.5) is 14.5 Å². The summed E-state index contributed by atoms with van der Waals surface area (Å²) in [5.74, 6) is -2.52. The molecule has 1 amide bonds. The van der Waals surface area contributed by atoms with Crippen molar-refractivity contribution in [1.82, 2.24) is 4.90 Å². The van der Waals surface area contributed by atoms with Crippen molar-refractivity contribution in [3.05, 3.63) is 29.3 Å². The Morgan fingerprint density at radius 1 is 1.33 bits per heavy atom. The third-order valence-electron chi connectivity index (χ3n) is 2.51. The van der Waals surface area contributed by atoms with Gasteiger partial charge in [-0.2, -0.15) is 0 Å². The second kappa shape index (κ2) is 3.49. The zero-order valence-electron chi connectivity index (χ0n) is 7.96. The highest BCUT2D eigenvalue weighted by Crippen LogP contribution is 2.22. The van der Waals surface area contributed by atoms with Crippen LogP contribution in [0, 0.1) is 11.6 Å². The molecular weight excluding hydrogens is 202 g/mol. The van der Waals surface area contributed by atoms with E-state index in [2.05, 4.69) is 0 Å². The van der Waals surface area contributed by atoms with Gasteiger partial charge in [-0.1, -0.05) is 0 Å². The van der Waals surface area contributed by atoms with E-state index >= 15 is 0 Å². The maximum Gasteiger partial charge on any atom is 0.256 e. The molecule has 5 heteroatoms. The number of carbonyl (C=O) groups excluding carboxylic acids is 1. The zero-order valence-corrected chi connectivity index (χ0v) is 7.96. The van der Waals surface area contributed by atoms with Crippen LogP contribution in [0.5, 0.6) is 0 Å². The standard InChI is InChI=1S/C10H10F2N2O/c11-7-3-2-6(9(13)8(7)12)10(15)14-4-1-5-14/h2-3H,1,4-5,13H2. The lowest BCUT2D eigenvalue weighted by Gasteiger charge is -2.31. The second-order valence-electron chi connectivity index (χ2n) is 3.47. The summed E-state index contributed by atoms with van der Waals surface area (Å²) in [6.07, 6.45) is 0.940. The molecule has 1 aromatic carbocycles. The molecule has 0 saturated carbocycles. The number of nitrogens with zero attached hydrogens (tertiary/aromatic N) is 1. The number of likely N-dealkylation sites (tertiary alicyclic amines) is 1. The largest absolute Gasteiger partial charge is 0.396 e. The summed E-state index contributed by atoms with van der Waals surface area (Å²) in [4.78, 5) is 13.2. The first kappa shape index (κ1) is 9.89. The molecule has 0 aromatic heterocycles. The number of hydrogen-bond donors (Lipinski definition) is 1. The molecule has 1 aliphatic rings. The highest BCUT2D eigenvalue weighted by molar-refractivity contribution is 5.99. The molecule has 80 valence electrons. The third kappa shape index (κ3) is 1.54. The van der Waals surface area contributed by atoms with Crippen molar-refractivity contribution >= 4 is 11.6 Å². The molecule has 0 atom stereocenters. The molecule has 3 nitrogen and oxygen atoms in total. The van der Waals surface area contributed by atoms with Gasteiger partial charge in [0.25, 0.3) is 5.91 Å². The van der Waals surface area contributed by atoms with Gasteiger partial charge in [-0.05, 0) is 18.6 Å². The number of benzene rings is 1. The minimum atomic E-state index is -1.15. The number of halogens is 2. The molecule has 1 saturated heterocycles. The maximum absolute atomic E-state index is 13.1. The molecule has 0 spiro atoms. The lowest BCUT2D eigenvalue weighted by atomic mass is 10.1. The number of nitrogen functional groups attached to an aromatic ring is 1. The molecule has 0 bridgehead atoms. The van der Waals surface area contributed by atoms with Crippen LogP contribution in [0.3, 0.4) is 0 Å². The molecular formula is C10H10F2N2O. The van der Waals surface area contributed by atoms with Crippen LogP contribution < -0.4 is 5.73 Å². The Balaban J connectivity index is 2.35. The van der Waals surface area contributed by atoms with Crippen LogP contribution in [0.2, 0.25) is 0 Å². The molecule has 1 aromatic rings. The Kier molecular flexibility index (Phi) is 2.30. The Morgan fingerprint density at radius 3 is 2.53 bits per heavy atom. The van der Waals surface area contributed by atoms with Crippen molar-refractivity contribution in [2.75, 3.05) is 18.8 Å². The normalized spacial score (nSPS) is 14.9. The van der Waals surface area contributed by atoms with E-state index in [1.54, 1.807) is 4.90 Å². The first-order valence-electron chi connectivity index (χ1n) is 4.64. The topological polar surface area (TPSA) is 46.3 Å². The molecule has 15 heavy (non-hydrogen) atoms. The van der Waals surface area contributed by atoms with E-state index in [-0.39, 0.29) is 11.5 Å². The molecule has 2 rings (SSSR count). The molecule has 2 N–H and O–H groups in total. The van der Waals surface area contributed by atoms with E-state index in [1.165, 1.54) is 6.07 Å². The fourth-order valence-electron chi connectivity index (χ4n) is 1.44. The fraction of sp³-hybridized carbons (Fsp3) is 0.300. The SMILES string of the molecule is Nc1c(C(=O)N2CCC2)ccc(F)c1F. The predicted octanol–water partition coefficient (Wildman–Crippen LogP) is 1.39. The van der Waals surface area contributed by atoms with Gasteiger partial charge in [0.05, 0.1) is 11.3 Å². The lowest BCUT2D eigenvalue weighted by molar-refractivity contribution is 0.0652. The summed E-state index contributed by atoms with van der Waals surface area (Å²) in [6, 6.07) is 2.13. The van der Waals surface area contributed by atoms with Crippen molar-refractivity contribution in [2.45, 2.75) is 6.42 Å². The fourth-order valence-corrected chi connectivity index (χ4v) is 1.44. The van der Waals surface area contributed by atoms with Crippen molar-refractivity contribution < 1.29 is 13.6 Å². The van der Waals surface area contributed by atoms with Crippen LogP contribution in [-0.4, -0.2) is 23.9 Å². The first-order valence-corrected chi connectivity index (χ1v) is 4.64. The van der Waals surface area contributed by atoms with Crippen LogP contribution in [0.1, 0.15) is 16.8 Å². The van der Waals surface area contributed by atoms with Gasteiger partial charge in [0, 0.05) is 13.1 Å². The minimum Gasteiger partial charge on any atom is -0.396 e. The van der Waals surface area contributed by atoms with Crippen LogP contribution in [-0.2, 0) is 0 Å². The van der Waals surface area contributed by atoms with Gasteiger partial charge < -0.3 is 10.6 Å². The summed E-state index contributed by atoms with van der Waals surface area (Å²) in [5, 5.41) is 0. The zero-order chi connectivity index (χ0) is 11.0. The van der Waals surface area contributed by atoms with Gasteiger partial charge in [0.1, 0.15) is 0 Å². The quantitative estimate of drug-likeness (QED) is 0.715. The summed E-state index contributed by atoms with van der Waals surface area (Å²) >= 11 is 0. The van der Waals surface area contributed by atoms with Gasteiger partial charge in [-0.15, -0.1) is 0 Å². The van der Waals surface area contributed by atoms with Crippen LogP contribution in [0.25, 0.3) is 0 Å². The highest BCUT2D eigenvalue weighted by Gasteiger charge is 2.25. The van der Waals surface area contributed by atoms with Crippen molar-refractivity contribution in [3.8, 4) is 0 Å². The second-order valence-corrected chi connectivity index (χ2v) is 3.47. The molecule has 0 unspecified atom stereocenters. The average molecular weight is 212 g/mol. The first-order chi connectivity index (χ1) is 7.11. The van der Waals surface area contributed by atoms with Gasteiger partial charge >= 0.3 is 0 Å².